The summed E-state index contributed by atoms with van der Waals surface area (Å²) in [7, 11) is 1.83. The van der Waals surface area contributed by atoms with Gasteiger partial charge < -0.3 is 16.0 Å². The van der Waals surface area contributed by atoms with Crippen molar-refractivity contribution in [1.29, 1.82) is 0 Å². The molecule has 1 aromatic carbocycles. The molecule has 1 unspecified atom stereocenters. The third kappa shape index (κ3) is 3.89. The molecule has 1 aliphatic heterocycles. The van der Waals surface area contributed by atoms with E-state index in [9.17, 15) is 4.79 Å². The lowest BCUT2D eigenvalue weighted by atomic mass is 9.97. The molecule has 33 heavy (non-hydrogen) atoms. The fourth-order valence-electron chi connectivity index (χ4n) is 4.28. The number of nitrogens with zero attached hydrogens (tertiary/aromatic N) is 6. The summed E-state index contributed by atoms with van der Waals surface area (Å²) in [4.78, 5) is 23.9. The number of benzene rings is 1. The van der Waals surface area contributed by atoms with Crippen LogP contribution in [-0.2, 0) is 11.8 Å². The van der Waals surface area contributed by atoms with Gasteiger partial charge >= 0.3 is 0 Å². The van der Waals surface area contributed by atoms with Crippen LogP contribution >= 0.6 is 11.6 Å². The van der Waals surface area contributed by atoms with Crippen molar-refractivity contribution in [3.8, 4) is 11.3 Å². The predicted molar refractivity (Wildman–Crippen MR) is 128 cm³/mol. The Balaban J connectivity index is 1.33. The number of carbonyl (C=O) groups is 1. The van der Waals surface area contributed by atoms with Gasteiger partial charge in [0.15, 0.2) is 5.82 Å². The highest BCUT2D eigenvalue weighted by Crippen LogP contribution is 2.31. The molecule has 0 bridgehead atoms. The maximum atomic E-state index is 12.9. The molecule has 1 amide bonds. The zero-order chi connectivity index (χ0) is 23.1. The molecule has 4 heterocycles. The number of hydrogen-bond acceptors (Lipinski definition) is 6. The number of hydrogen-bond donors (Lipinski definition) is 2. The van der Waals surface area contributed by atoms with Crippen LogP contribution in [0.25, 0.3) is 16.9 Å². The Labute approximate surface area is 196 Å². The van der Waals surface area contributed by atoms with Crippen molar-refractivity contribution >= 4 is 34.9 Å². The largest absolute Gasteiger partial charge is 0.382 e. The van der Waals surface area contributed by atoms with E-state index in [4.69, 9.17) is 17.3 Å². The molecule has 0 radical (unpaired) electrons. The highest BCUT2D eigenvalue weighted by Gasteiger charge is 2.36. The number of nitrogen functional groups attached to an aromatic ring is 1. The van der Waals surface area contributed by atoms with E-state index in [1.807, 2.05) is 54.0 Å². The highest BCUT2D eigenvalue weighted by molar-refractivity contribution is 6.30. The van der Waals surface area contributed by atoms with Crippen LogP contribution in [-0.4, -0.2) is 43.1 Å². The Morgan fingerprint density at radius 2 is 1.97 bits per heavy atom. The van der Waals surface area contributed by atoms with Crippen LogP contribution in [0.15, 0.2) is 48.9 Å². The fourth-order valence-corrected chi connectivity index (χ4v) is 4.41. The summed E-state index contributed by atoms with van der Waals surface area (Å²) >= 11 is 6.00. The zero-order valence-electron chi connectivity index (χ0n) is 18.4. The van der Waals surface area contributed by atoms with E-state index >= 15 is 0 Å². The maximum absolute atomic E-state index is 12.9. The minimum absolute atomic E-state index is 0.0424. The summed E-state index contributed by atoms with van der Waals surface area (Å²) in [5, 5.41) is 8.11. The van der Waals surface area contributed by atoms with Crippen molar-refractivity contribution in [1.82, 2.24) is 29.5 Å². The molecule has 0 spiro atoms. The smallest absolute Gasteiger partial charge is 0.227 e. The molecule has 4 aromatic rings. The Morgan fingerprint density at radius 1 is 1.21 bits per heavy atom. The van der Waals surface area contributed by atoms with Gasteiger partial charge in [0.2, 0.25) is 11.9 Å². The third-order valence-corrected chi connectivity index (χ3v) is 6.34. The topological polar surface area (TPSA) is 106 Å². The van der Waals surface area contributed by atoms with Crippen LogP contribution in [0, 0.1) is 5.92 Å². The summed E-state index contributed by atoms with van der Waals surface area (Å²) in [5.74, 6) is 1.11. The lowest BCUT2D eigenvalue weighted by Crippen LogP contribution is -2.55. The molecule has 1 saturated heterocycles. The third-order valence-electron chi connectivity index (χ3n) is 6.09. The lowest BCUT2D eigenvalue weighted by molar-refractivity contribution is -0.126. The molecule has 0 saturated carbocycles. The van der Waals surface area contributed by atoms with Crippen molar-refractivity contribution in [2.75, 3.05) is 23.7 Å². The average molecular weight is 465 g/mol. The van der Waals surface area contributed by atoms with E-state index < -0.39 is 0 Å². The van der Waals surface area contributed by atoms with Gasteiger partial charge in [-0.05, 0) is 36.2 Å². The van der Waals surface area contributed by atoms with Crippen LogP contribution in [0.3, 0.4) is 0 Å². The lowest BCUT2D eigenvalue weighted by Gasteiger charge is -2.39. The first kappa shape index (κ1) is 21.3. The number of nitrogens with two attached hydrogens (primary N) is 1. The molecule has 5 rings (SSSR count). The summed E-state index contributed by atoms with van der Waals surface area (Å²) in [6.45, 7) is 3.21. The number of carbonyl (C=O) groups excluding carboxylic acids is 1. The Hall–Kier alpha value is -3.59. The van der Waals surface area contributed by atoms with E-state index in [1.54, 1.807) is 11.0 Å². The van der Waals surface area contributed by atoms with Crippen LogP contribution in [0.1, 0.15) is 24.9 Å². The molecule has 1 aliphatic rings. The van der Waals surface area contributed by atoms with Gasteiger partial charge in [0.05, 0.1) is 23.2 Å². The second-order valence-corrected chi connectivity index (χ2v) is 8.75. The Morgan fingerprint density at radius 3 is 2.64 bits per heavy atom. The van der Waals surface area contributed by atoms with Crippen molar-refractivity contribution in [3.63, 3.8) is 0 Å². The van der Waals surface area contributed by atoms with Gasteiger partial charge in [0.25, 0.3) is 0 Å². The number of aromatic nitrogens is 5. The maximum Gasteiger partial charge on any atom is 0.227 e. The van der Waals surface area contributed by atoms with Crippen molar-refractivity contribution in [2.45, 2.75) is 19.4 Å². The Bertz CT molecular complexity index is 1310. The molecule has 3 aromatic heterocycles. The highest BCUT2D eigenvalue weighted by atomic mass is 35.5. The van der Waals surface area contributed by atoms with E-state index in [0.717, 1.165) is 34.8 Å². The van der Waals surface area contributed by atoms with Crippen molar-refractivity contribution in [3.05, 3.63) is 59.5 Å². The number of rotatable bonds is 6. The van der Waals surface area contributed by atoms with E-state index in [2.05, 4.69) is 32.2 Å². The zero-order valence-corrected chi connectivity index (χ0v) is 19.2. The summed E-state index contributed by atoms with van der Waals surface area (Å²) in [5.41, 5.74) is 9.61. The number of halogens is 1. The first-order chi connectivity index (χ1) is 15.9. The van der Waals surface area contributed by atoms with Gasteiger partial charge in [-0.3, -0.25) is 13.9 Å². The number of aryl methyl sites for hydroxylation is 1. The second kappa shape index (κ2) is 8.40. The number of nitrogens with one attached hydrogen (secondary N) is 1. The first-order valence-corrected chi connectivity index (χ1v) is 11.2. The standard InChI is InChI=1S/C23H25ClN8O/c1-3-18(14-4-6-16(24)7-5-14)28-22(33)15-10-31(11-15)23-27-13-26-20-9-8-19(32(20)23)17-12-30(2)29-21(17)25/h4-9,12-13,15,18H,3,10-11H2,1-2H3,(H2,25,29)(H,28,33). The van der Waals surface area contributed by atoms with Crippen LogP contribution in [0.5, 0.6) is 0 Å². The van der Waals surface area contributed by atoms with Gasteiger partial charge in [-0.2, -0.15) is 5.10 Å². The van der Waals surface area contributed by atoms with Crippen LogP contribution < -0.4 is 16.0 Å². The normalized spacial score (nSPS) is 14.9. The molecule has 1 fully saturated rings. The minimum Gasteiger partial charge on any atom is -0.382 e. The SMILES string of the molecule is CCC(NC(=O)C1CN(c2ncnc3ccc(-c4cn(C)nc4N)n23)C1)c1ccc(Cl)cc1. The van der Waals surface area contributed by atoms with Gasteiger partial charge in [-0.25, -0.2) is 9.97 Å². The number of anilines is 2. The molecule has 9 nitrogen and oxygen atoms in total. The van der Waals surface area contributed by atoms with Crippen LogP contribution in [0.2, 0.25) is 5.02 Å². The quantitative estimate of drug-likeness (QED) is 0.454. The van der Waals surface area contributed by atoms with Gasteiger partial charge in [-0.1, -0.05) is 30.7 Å². The molecule has 170 valence electrons. The molecular weight excluding hydrogens is 440 g/mol. The summed E-state index contributed by atoms with van der Waals surface area (Å²) in [6.07, 6.45) is 4.22. The summed E-state index contributed by atoms with van der Waals surface area (Å²) in [6, 6.07) is 11.5. The van der Waals surface area contributed by atoms with Crippen molar-refractivity contribution < 1.29 is 4.79 Å². The number of fused-ring (bicyclic) bond motifs is 1. The fraction of sp³-hybridized carbons (Fsp3) is 0.304. The minimum atomic E-state index is -0.112. The molecule has 3 N–H and O–H groups in total. The van der Waals surface area contributed by atoms with E-state index in [1.165, 1.54) is 0 Å². The van der Waals surface area contributed by atoms with E-state index in [0.29, 0.717) is 23.9 Å². The second-order valence-electron chi connectivity index (χ2n) is 8.31. The van der Waals surface area contributed by atoms with Gasteiger partial charge in [0, 0.05) is 31.4 Å². The Kier molecular flexibility index (Phi) is 5.41. The van der Waals surface area contributed by atoms with Crippen molar-refractivity contribution in [2.24, 2.45) is 13.0 Å². The monoisotopic (exact) mass is 464 g/mol. The molecule has 0 aliphatic carbocycles. The predicted octanol–water partition coefficient (Wildman–Crippen LogP) is 3.07. The summed E-state index contributed by atoms with van der Waals surface area (Å²) < 4.78 is 3.65. The molecular formula is C23H25ClN8O. The average Bonchev–Trinajstić information content (AvgIpc) is 3.34. The first-order valence-electron chi connectivity index (χ1n) is 10.9. The van der Waals surface area contributed by atoms with Gasteiger partial charge in [-0.15, -0.1) is 0 Å². The van der Waals surface area contributed by atoms with E-state index in [-0.39, 0.29) is 17.9 Å². The molecule has 10 heteroatoms. The van der Waals surface area contributed by atoms with Crippen LogP contribution in [0.4, 0.5) is 11.8 Å². The molecule has 1 atom stereocenters. The van der Waals surface area contributed by atoms with Gasteiger partial charge in [0.1, 0.15) is 12.0 Å². The number of amides is 1.